The fourth-order valence-corrected chi connectivity index (χ4v) is 4.88. The van der Waals surface area contributed by atoms with Crippen molar-refractivity contribution in [1.82, 2.24) is 14.8 Å². The van der Waals surface area contributed by atoms with Gasteiger partial charge in [0, 0.05) is 35.7 Å². The van der Waals surface area contributed by atoms with Gasteiger partial charge in [-0.2, -0.15) is 9.78 Å². The van der Waals surface area contributed by atoms with Gasteiger partial charge in [0.2, 0.25) is 16.9 Å². The molecule has 0 saturated carbocycles. The van der Waals surface area contributed by atoms with Crippen LogP contribution in [0.25, 0.3) is 16.4 Å². The summed E-state index contributed by atoms with van der Waals surface area (Å²) >= 11 is 1.44. The Hall–Kier alpha value is -3.98. The third kappa shape index (κ3) is 4.81. The van der Waals surface area contributed by atoms with Crippen LogP contribution in [-0.4, -0.2) is 39.7 Å². The first-order valence-electron chi connectivity index (χ1n) is 11.4. The summed E-state index contributed by atoms with van der Waals surface area (Å²) in [5.41, 5.74) is 3.35. The number of amides is 2. The monoisotopic (exact) mass is 487 g/mol. The fraction of sp³-hybridized carbons (Fsp3) is 0.231. The smallest absolute Gasteiger partial charge is 0.230 e. The van der Waals surface area contributed by atoms with Crippen LogP contribution >= 0.6 is 11.3 Å². The lowest BCUT2D eigenvalue weighted by atomic mass is 10.1. The molecule has 1 unspecified atom stereocenters. The minimum atomic E-state index is -0.443. The van der Waals surface area contributed by atoms with Gasteiger partial charge in [0.25, 0.3) is 0 Å². The van der Waals surface area contributed by atoms with Crippen molar-refractivity contribution < 1.29 is 14.3 Å². The largest absolute Gasteiger partial charge is 0.494 e. The van der Waals surface area contributed by atoms with Gasteiger partial charge in [-0.1, -0.05) is 18.2 Å². The summed E-state index contributed by atoms with van der Waals surface area (Å²) in [5.74, 6) is 0.644. The third-order valence-corrected chi connectivity index (χ3v) is 6.60. The van der Waals surface area contributed by atoms with E-state index in [2.05, 4.69) is 10.4 Å². The van der Waals surface area contributed by atoms with E-state index in [1.807, 2.05) is 79.9 Å². The Labute approximate surface area is 207 Å². The Bertz CT molecular complexity index is 1350. The second-order valence-corrected chi connectivity index (χ2v) is 9.12. The van der Waals surface area contributed by atoms with E-state index in [1.165, 1.54) is 11.3 Å². The Morgan fingerprint density at radius 3 is 2.69 bits per heavy atom. The van der Waals surface area contributed by atoms with Crippen molar-refractivity contribution >= 4 is 34.7 Å². The van der Waals surface area contributed by atoms with Crippen molar-refractivity contribution in [3.05, 3.63) is 71.7 Å². The minimum Gasteiger partial charge on any atom is -0.494 e. The van der Waals surface area contributed by atoms with Crippen molar-refractivity contribution in [3.63, 3.8) is 0 Å². The first kappa shape index (κ1) is 22.8. The molecule has 0 bridgehead atoms. The molecule has 9 heteroatoms. The number of ether oxygens (including phenoxy) is 1. The van der Waals surface area contributed by atoms with Crippen LogP contribution in [0.5, 0.6) is 5.75 Å². The van der Waals surface area contributed by atoms with Crippen LogP contribution in [0.15, 0.2) is 66.0 Å². The van der Waals surface area contributed by atoms with Crippen LogP contribution in [0.2, 0.25) is 0 Å². The highest BCUT2D eigenvalue weighted by Crippen LogP contribution is 2.29. The highest BCUT2D eigenvalue weighted by Gasteiger charge is 2.35. The maximum Gasteiger partial charge on any atom is 0.230 e. The summed E-state index contributed by atoms with van der Waals surface area (Å²) in [4.78, 5) is 32.0. The number of benzene rings is 2. The number of aryl methyl sites for hydroxylation is 1. The molecule has 2 aromatic heterocycles. The molecule has 5 rings (SSSR count). The van der Waals surface area contributed by atoms with E-state index < -0.39 is 5.92 Å². The summed E-state index contributed by atoms with van der Waals surface area (Å²) in [5, 5.41) is 10.1. The van der Waals surface area contributed by atoms with Gasteiger partial charge in [-0.3, -0.25) is 9.59 Å². The van der Waals surface area contributed by atoms with Crippen LogP contribution in [0.3, 0.4) is 0 Å². The number of para-hydroxylation sites is 1. The second-order valence-electron chi connectivity index (χ2n) is 8.29. The lowest BCUT2D eigenvalue weighted by Gasteiger charge is -2.16. The van der Waals surface area contributed by atoms with E-state index in [0.717, 1.165) is 28.4 Å². The minimum absolute atomic E-state index is 0.0547. The number of nitrogens with one attached hydrogen (secondary N) is 1. The molecule has 35 heavy (non-hydrogen) atoms. The highest BCUT2D eigenvalue weighted by molar-refractivity contribution is 7.12. The Morgan fingerprint density at radius 2 is 1.94 bits per heavy atom. The molecule has 1 saturated heterocycles. The highest BCUT2D eigenvalue weighted by atomic mass is 32.1. The molecular formula is C26H25N5O3S. The molecule has 1 atom stereocenters. The van der Waals surface area contributed by atoms with Crippen molar-refractivity contribution in [3.8, 4) is 22.1 Å². The molecule has 2 amide bonds. The molecule has 0 aliphatic carbocycles. The van der Waals surface area contributed by atoms with Crippen molar-refractivity contribution in [2.24, 2.45) is 5.92 Å². The molecule has 8 nitrogen and oxygen atoms in total. The predicted octanol–water partition coefficient (Wildman–Crippen LogP) is 4.69. The molecular weight excluding hydrogens is 462 g/mol. The van der Waals surface area contributed by atoms with Gasteiger partial charge >= 0.3 is 0 Å². The summed E-state index contributed by atoms with van der Waals surface area (Å²) < 4.78 is 7.15. The lowest BCUT2D eigenvalue weighted by molar-refractivity contribution is -0.122. The van der Waals surface area contributed by atoms with Gasteiger partial charge < -0.3 is 15.0 Å². The number of hydrogen-bond acceptors (Lipinski definition) is 6. The van der Waals surface area contributed by atoms with E-state index in [1.54, 1.807) is 9.58 Å². The van der Waals surface area contributed by atoms with Crippen LogP contribution in [-0.2, 0) is 9.59 Å². The maximum atomic E-state index is 13.1. The van der Waals surface area contributed by atoms with Crippen LogP contribution in [0.4, 0.5) is 11.5 Å². The quantitative estimate of drug-likeness (QED) is 0.408. The number of carbonyl (C=O) groups is 2. The van der Waals surface area contributed by atoms with E-state index in [0.29, 0.717) is 24.1 Å². The number of aromatic nitrogens is 3. The van der Waals surface area contributed by atoms with E-state index >= 15 is 0 Å². The number of anilines is 2. The summed E-state index contributed by atoms with van der Waals surface area (Å²) in [6, 6.07) is 19.0. The standard InChI is InChI=1S/C26H25N5O3S/c1-3-34-21-11-9-18(10-12-21)22-16-35-26(27-22)31-23(13-17(2)29-31)28-25(33)19-14-24(32)30(15-19)20-7-5-4-6-8-20/h4-13,16,19H,3,14-15H2,1-2H3,(H,28,33). The molecule has 1 aliphatic rings. The average molecular weight is 488 g/mol. The van der Waals surface area contributed by atoms with E-state index in [9.17, 15) is 9.59 Å². The number of thiazole rings is 1. The third-order valence-electron chi connectivity index (χ3n) is 5.78. The zero-order valence-electron chi connectivity index (χ0n) is 19.5. The maximum absolute atomic E-state index is 13.1. The first-order valence-corrected chi connectivity index (χ1v) is 12.3. The predicted molar refractivity (Wildman–Crippen MR) is 136 cm³/mol. The van der Waals surface area contributed by atoms with Crippen molar-refractivity contribution in [2.45, 2.75) is 20.3 Å². The van der Waals surface area contributed by atoms with E-state index in [4.69, 9.17) is 9.72 Å². The van der Waals surface area contributed by atoms with Crippen molar-refractivity contribution in [1.29, 1.82) is 0 Å². The van der Waals surface area contributed by atoms with Crippen LogP contribution in [0, 0.1) is 12.8 Å². The zero-order chi connectivity index (χ0) is 24.4. The number of nitrogens with zero attached hydrogens (tertiary/aromatic N) is 4. The van der Waals surface area contributed by atoms with E-state index in [-0.39, 0.29) is 18.2 Å². The normalized spacial score (nSPS) is 15.4. The Balaban J connectivity index is 1.32. The summed E-state index contributed by atoms with van der Waals surface area (Å²) in [6.45, 7) is 4.78. The molecule has 1 N–H and O–H groups in total. The molecule has 1 aliphatic heterocycles. The molecule has 0 spiro atoms. The molecule has 178 valence electrons. The average Bonchev–Trinajstić information content (AvgIpc) is 3.59. The first-order chi connectivity index (χ1) is 17.0. The van der Waals surface area contributed by atoms with Gasteiger partial charge in [0.15, 0.2) is 0 Å². The molecule has 0 radical (unpaired) electrons. The van der Waals surface area contributed by atoms with Gasteiger partial charge in [-0.25, -0.2) is 4.98 Å². The van der Waals surface area contributed by atoms with Crippen LogP contribution in [0.1, 0.15) is 19.0 Å². The topological polar surface area (TPSA) is 89.3 Å². The SMILES string of the molecule is CCOc1ccc(-c2csc(-n3nc(C)cc3NC(=O)C3CC(=O)N(c4ccccc4)C3)n2)cc1. The molecule has 2 aromatic carbocycles. The van der Waals surface area contributed by atoms with Gasteiger partial charge in [-0.05, 0) is 50.2 Å². The van der Waals surface area contributed by atoms with Crippen molar-refractivity contribution in [2.75, 3.05) is 23.4 Å². The second kappa shape index (κ2) is 9.71. The number of rotatable bonds is 7. The summed E-state index contributed by atoms with van der Waals surface area (Å²) in [6.07, 6.45) is 0.174. The summed E-state index contributed by atoms with van der Waals surface area (Å²) in [7, 11) is 0. The Morgan fingerprint density at radius 1 is 1.17 bits per heavy atom. The van der Waals surface area contributed by atoms with Gasteiger partial charge in [-0.15, -0.1) is 11.3 Å². The molecule has 4 aromatic rings. The van der Waals surface area contributed by atoms with Gasteiger partial charge in [0.05, 0.1) is 23.9 Å². The van der Waals surface area contributed by atoms with Crippen LogP contribution < -0.4 is 15.0 Å². The zero-order valence-corrected chi connectivity index (χ0v) is 20.3. The Kier molecular flexibility index (Phi) is 6.33. The molecule has 1 fully saturated rings. The number of carbonyl (C=O) groups excluding carboxylic acids is 2. The fourth-order valence-electron chi connectivity index (χ4n) is 4.09. The molecule has 3 heterocycles. The number of hydrogen-bond donors (Lipinski definition) is 1. The lowest BCUT2D eigenvalue weighted by Crippen LogP contribution is -2.28. The van der Waals surface area contributed by atoms with Gasteiger partial charge in [0.1, 0.15) is 11.6 Å².